The molecular weight excluding hydrogens is 178 g/mol. The molecule has 1 aromatic heterocycles. The van der Waals surface area contributed by atoms with E-state index < -0.39 is 0 Å². The van der Waals surface area contributed by atoms with E-state index in [0.29, 0.717) is 13.0 Å². The van der Waals surface area contributed by atoms with Crippen molar-refractivity contribution >= 4 is 5.91 Å². The molecule has 0 aliphatic rings. The van der Waals surface area contributed by atoms with Crippen molar-refractivity contribution < 1.29 is 4.79 Å². The second kappa shape index (κ2) is 5.34. The van der Waals surface area contributed by atoms with Gasteiger partial charge in [0.25, 0.3) is 0 Å². The molecule has 1 atom stereocenters. The summed E-state index contributed by atoms with van der Waals surface area (Å²) in [5, 5.41) is 3.20. The normalized spacial score (nSPS) is 12.4. The Hall–Kier alpha value is -1.42. The van der Waals surface area contributed by atoms with Crippen LogP contribution < -0.4 is 11.1 Å². The SMILES string of the molecule is CC(NCCC(N)=O)c1ccncc1. The minimum absolute atomic E-state index is 0.220. The number of hydrogen-bond donors (Lipinski definition) is 2. The lowest BCUT2D eigenvalue weighted by molar-refractivity contribution is -0.117. The van der Waals surface area contributed by atoms with E-state index in [4.69, 9.17) is 5.73 Å². The monoisotopic (exact) mass is 193 g/mol. The van der Waals surface area contributed by atoms with E-state index in [-0.39, 0.29) is 11.9 Å². The number of amides is 1. The van der Waals surface area contributed by atoms with Gasteiger partial charge in [0.05, 0.1) is 0 Å². The minimum atomic E-state index is -0.278. The summed E-state index contributed by atoms with van der Waals surface area (Å²) in [7, 11) is 0. The summed E-state index contributed by atoms with van der Waals surface area (Å²) >= 11 is 0. The van der Waals surface area contributed by atoms with Crippen molar-refractivity contribution in [3.8, 4) is 0 Å². The van der Waals surface area contributed by atoms with Crippen LogP contribution in [0.5, 0.6) is 0 Å². The Labute approximate surface area is 83.5 Å². The average molecular weight is 193 g/mol. The Morgan fingerprint density at radius 1 is 1.57 bits per heavy atom. The molecule has 3 N–H and O–H groups in total. The summed E-state index contributed by atoms with van der Waals surface area (Å²) in [5.41, 5.74) is 6.19. The minimum Gasteiger partial charge on any atom is -0.370 e. The smallest absolute Gasteiger partial charge is 0.218 e. The highest BCUT2D eigenvalue weighted by Gasteiger charge is 2.03. The third-order valence-electron chi connectivity index (χ3n) is 2.03. The topological polar surface area (TPSA) is 68.0 Å². The van der Waals surface area contributed by atoms with E-state index in [9.17, 15) is 4.79 Å². The number of nitrogens with zero attached hydrogens (tertiary/aromatic N) is 1. The van der Waals surface area contributed by atoms with Gasteiger partial charge >= 0.3 is 0 Å². The first-order valence-corrected chi connectivity index (χ1v) is 4.62. The molecule has 0 bridgehead atoms. The van der Waals surface area contributed by atoms with Gasteiger partial charge < -0.3 is 11.1 Å². The third kappa shape index (κ3) is 3.53. The van der Waals surface area contributed by atoms with Gasteiger partial charge in [-0.05, 0) is 24.6 Å². The van der Waals surface area contributed by atoms with Crippen LogP contribution in [0.1, 0.15) is 24.9 Å². The lowest BCUT2D eigenvalue weighted by Gasteiger charge is -2.12. The molecule has 1 amide bonds. The van der Waals surface area contributed by atoms with Crippen LogP contribution in [0.3, 0.4) is 0 Å². The molecule has 0 aromatic carbocycles. The van der Waals surface area contributed by atoms with E-state index in [2.05, 4.69) is 10.3 Å². The Morgan fingerprint density at radius 2 is 2.21 bits per heavy atom. The van der Waals surface area contributed by atoms with Crippen molar-refractivity contribution in [1.29, 1.82) is 0 Å². The second-order valence-corrected chi connectivity index (χ2v) is 3.17. The number of carbonyl (C=O) groups excluding carboxylic acids is 1. The van der Waals surface area contributed by atoms with Gasteiger partial charge in [-0.3, -0.25) is 9.78 Å². The predicted octanol–water partition coefficient (Wildman–Crippen LogP) is 0.608. The van der Waals surface area contributed by atoms with Crippen molar-refractivity contribution in [3.05, 3.63) is 30.1 Å². The van der Waals surface area contributed by atoms with E-state index in [1.165, 1.54) is 0 Å². The van der Waals surface area contributed by atoms with Crippen LogP contribution in [0.15, 0.2) is 24.5 Å². The molecule has 0 spiro atoms. The maximum atomic E-state index is 10.5. The Morgan fingerprint density at radius 3 is 2.79 bits per heavy atom. The van der Waals surface area contributed by atoms with E-state index in [1.54, 1.807) is 12.4 Å². The lowest BCUT2D eigenvalue weighted by Crippen LogP contribution is -2.24. The highest BCUT2D eigenvalue weighted by Crippen LogP contribution is 2.09. The van der Waals surface area contributed by atoms with Crippen LogP contribution in [-0.2, 0) is 4.79 Å². The molecule has 4 heteroatoms. The molecule has 0 saturated heterocycles. The standard InChI is InChI=1S/C10H15N3O/c1-8(13-7-4-10(11)14)9-2-5-12-6-3-9/h2-3,5-6,8,13H,4,7H2,1H3,(H2,11,14). The summed E-state index contributed by atoms with van der Waals surface area (Å²) in [6, 6.07) is 4.11. The zero-order chi connectivity index (χ0) is 10.4. The van der Waals surface area contributed by atoms with E-state index in [1.807, 2.05) is 19.1 Å². The first kappa shape index (κ1) is 10.7. The number of nitrogens with one attached hydrogen (secondary N) is 1. The largest absolute Gasteiger partial charge is 0.370 e. The fourth-order valence-corrected chi connectivity index (χ4v) is 1.18. The second-order valence-electron chi connectivity index (χ2n) is 3.17. The highest BCUT2D eigenvalue weighted by molar-refractivity contribution is 5.73. The van der Waals surface area contributed by atoms with Gasteiger partial charge in [-0.15, -0.1) is 0 Å². The zero-order valence-corrected chi connectivity index (χ0v) is 8.23. The molecule has 1 heterocycles. The first-order chi connectivity index (χ1) is 6.70. The Bertz CT molecular complexity index is 287. The fraction of sp³-hybridized carbons (Fsp3) is 0.400. The van der Waals surface area contributed by atoms with Crippen LogP contribution in [0.2, 0.25) is 0 Å². The molecule has 1 aromatic rings. The van der Waals surface area contributed by atoms with Gasteiger partial charge in [0.2, 0.25) is 5.91 Å². The summed E-state index contributed by atoms with van der Waals surface area (Å²) in [4.78, 5) is 14.4. The Balaban J connectivity index is 2.36. The number of carbonyl (C=O) groups is 1. The molecular formula is C10H15N3O. The van der Waals surface area contributed by atoms with Crippen molar-refractivity contribution in [2.75, 3.05) is 6.54 Å². The number of aromatic nitrogens is 1. The van der Waals surface area contributed by atoms with Gasteiger partial charge in [0.15, 0.2) is 0 Å². The lowest BCUT2D eigenvalue weighted by atomic mass is 10.1. The number of hydrogen-bond acceptors (Lipinski definition) is 3. The maximum absolute atomic E-state index is 10.5. The average Bonchev–Trinajstić information content (AvgIpc) is 2.18. The van der Waals surface area contributed by atoms with Gasteiger partial charge in [-0.1, -0.05) is 0 Å². The first-order valence-electron chi connectivity index (χ1n) is 4.62. The fourth-order valence-electron chi connectivity index (χ4n) is 1.18. The number of pyridine rings is 1. The van der Waals surface area contributed by atoms with Crippen molar-refractivity contribution in [2.24, 2.45) is 5.73 Å². The van der Waals surface area contributed by atoms with E-state index >= 15 is 0 Å². The van der Waals surface area contributed by atoms with Gasteiger partial charge in [-0.25, -0.2) is 0 Å². The number of primary amides is 1. The summed E-state index contributed by atoms with van der Waals surface area (Å²) in [6.07, 6.45) is 3.87. The molecule has 14 heavy (non-hydrogen) atoms. The van der Waals surface area contributed by atoms with Crippen LogP contribution in [-0.4, -0.2) is 17.4 Å². The third-order valence-corrected chi connectivity index (χ3v) is 2.03. The summed E-state index contributed by atoms with van der Waals surface area (Å²) in [5.74, 6) is -0.278. The van der Waals surface area contributed by atoms with Gasteiger partial charge in [0.1, 0.15) is 0 Å². The number of nitrogens with two attached hydrogens (primary N) is 1. The molecule has 1 unspecified atom stereocenters. The summed E-state index contributed by atoms with van der Waals surface area (Å²) in [6.45, 7) is 2.65. The molecule has 0 saturated carbocycles. The van der Waals surface area contributed by atoms with Crippen LogP contribution in [0.4, 0.5) is 0 Å². The van der Waals surface area contributed by atoms with Gasteiger partial charge in [-0.2, -0.15) is 0 Å². The molecule has 0 radical (unpaired) electrons. The summed E-state index contributed by atoms with van der Waals surface area (Å²) < 4.78 is 0. The Kier molecular flexibility index (Phi) is 4.07. The molecule has 0 aliphatic heterocycles. The maximum Gasteiger partial charge on any atom is 0.218 e. The van der Waals surface area contributed by atoms with Gasteiger partial charge in [0, 0.05) is 31.4 Å². The molecule has 4 nitrogen and oxygen atoms in total. The van der Waals surface area contributed by atoms with Crippen molar-refractivity contribution in [2.45, 2.75) is 19.4 Å². The highest BCUT2D eigenvalue weighted by atomic mass is 16.1. The molecule has 1 rings (SSSR count). The van der Waals surface area contributed by atoms with Crippen LogP contribution in [0.25, 0.3) is 0 Å². The van der Waals surface area contributed by atoms with Crippen LogP contribution >= 0.6 is 0 Å². The zero-order valence-electron chi connectivity index (χ0n) is 8.23. The molecule has 0 fully saturated rings. The predicted molar refractivity (Wildman–Crippen MR) is 54.5 cm³/mol. The quantitative estimate of drug-likeness (QED) is 0.719. The van der Waals surface area contributed by atoms with Crippen molar-refractivity contribution in [1.82, 2.24) is 10.3 Å². The molecule has 0 aliphatic carbocycles. The number of rotatable bonds is 5. The van der Waals surface area contributed by atoms with E-state index in [0.717, 1.165) is 5.56 Å². The molecule has 76 valence electrons. The van der Waals surface area contributed by atoms with Crippen LogP contribution in [0, 0.1) is 0 Å². The van der Waals surface area contributed by atoms with Crippen molar-refractivity contribution in [3.63, 3.8) is 0 Å².